The maximum absolute atomic E-state index is 12.7. The first-order valence-electron chi connectivity index (χ1n) is 6.50. The van der Waals surface area contributed by atoms with Crippen LogP contribution in [-0.4, -0.2) is 18.6 Å². The third-order valence-electron chi connectivity index (χ3n) is 2.68. The molecule has 21 heavy (non-hydrogen) atoms. The standard InChI is InChI=1S/C14H19F3N2O2/c1-8(2)7-21-9(3)13(20)19-10-4-5-12(18)11(6-10)14(15,16)17/h4-6,8-9H,7,18H2,1-3H3,(H,19,20). The summed E-state index contributed by atoms with van der Waals surface area (Å²) in [5, 5.41) is 2.39. The summed E-state index contributed by atoms with van der Waals surface area (Å²) in [5.74, 6) is -0.248. The SMILES string of the molecule is CC(C)COC(C)C(=O)Nc1ccc(N)c(C(F)(F)F)c1. The van der Waals surface area contributed by atoms with Crippen LogP contribution in [0.3, 0.4) is 0 Å². The van der Waals surface area contributed by atoms with Crippen molar-refractivity contribution in [3.8, 4) is 0 Å². The van der Waals surface area contributed by atoms with Crippen molar-refractivity contribution >= 4 is 17.3 Å². The number of ether oxygens (including phenoxy) is 1. The second kappa shape index (κ2) is 6.80. The van der Waals surface area contributed by atoms with Crippen LogP contribution in [-0.2, 0) is 15.7 Å². The molecule has 0 heterocycles. The molecule has 0 aliphatic carbocycles. The van der Waals surface area contributed by atoms with Crippen molar-refractivity contribution in [3.63, 3.8) is 0 Å². The second-order valence-corrected chi connectivity index (χ2v) is 5.16. The number of amides is 1. The second-order valence-electron chi connectivity index (χ2n) is 5.16. The first-order valence-corrected chi connectivity index (χ1v) is 6.50. The molecule has 0 aliphatic rings. The van der Waals surface area contributed by atoms with E-state index in [9.17, 15) is 18.0 Å². The molecular weight excluding hydrogens is 285 g/mol. The summed E-state index contributed by atoms with van der Waals surface area (Å²) < 4.78 is 43.5. The first kappa shape index (κ1) is 17.3. The largest absolute Gasteiger partial charge is 0.418 e. The number of rotatable bonds is 5. The van der Waals surface area contributed by atoms with Crippen LogP contribution in [0.25, 0.3) is 0 Å². The van der Waals surface area contributed by atoms with Gasteiger partial charge in [0.2, 0.25) is 0 Å². The van der Waals surface area contributed by atoms with Crippen LogP contribution in [0.4, 0.5) is 24.5 Å². The molecule has 4 nitrogen and oxygen atoms in total. The molecular formula is C14H19F3N2O2. The lowest BCUT2D eigenvalue weighted by Crippen LogP contribution is -2.29. The number of nitrogens with one attached hydrogen (secondary N) is 1. The monoisotopic (exact) mass is 304 g/mol. The van der Waals surface area contributed by atoms with Crippen molar-refractivity contribution < 1.29 is 22.7 Å². The summed E-state index contributed by atoms with van der Waals surface area (Å²) in [4.78, 5) is 11.8. The number of hydrogen-bond donors (Lipinski definition) is 2. The van der Waals surface area contributed by atoms with Crippen LogP contribution in [0.2, 0.25) is 0 Å². The molecule has 118 valence electrons. The van der Waals surface area contributed by atoms with E-state index >= 15 is 0 Å². The number of nitrogens with two attached hydrogens (primary N) is 1. The number of carbonyl (C=O) groups excluding carboxylic acids is 1. The quantitative estimate of drug-likeness (QED) is 0.820. The number of benzene rings is 1. The van der Waals surface area contributed by atoms with Gasteiger partial charge in [0.1, 0.15) is 6.10 Å². The molecule has 0 saturated heterocycles. The fourth-order valence-corrected chi connectivity index (χ4v) is 1.54. The average Bonchev–Trinajstić information content (AvgIpc) is 2.36. The molecule has 0 bridgehead atoms. The highest BCUT2D eigenvalue weighted by molar-refractivity contribution is 5.94. The number of carbonyl (C=O) groups is 1. The van der Waals surface area contributed by atoms with E-state index in [-0.39, 0.29) is 17.3 Å². The van der Waals surface area contributed by atoms with Gasteiger partial charge in [-0.05, 0) is 31.0 Å². The van der Waals surface area contributed by atoms with Gasteiger partial charge in [-0.3, -0.25) is 4.79 Å². The highest BCUT2D eigenvalue weighted by Gasteiger charge is 2.33. The predicted octanol–water partition coefficient (Wildman–Crippen LogP) is 3.29. The molecule has 1 amide bonds. The maximum Gasteiger partial charge on any atom is 0.418 e. The summed E-state index contributed by atoms with van der Waals surface area (Å²) in [6.45, 7) is 5.80. The topological polar surface area (TPSA) is 64.3 Å². The summed E-state index contributed by atoms with van der Waals surface area (Å²) in [5.41, 5.74) is 3.96. The minimum absolute atomic E-state index is 0.0292. The Morgan fingerprint density at radius 3 is 2.48 bits per heavy atom. The van der Waals surface area contributed by atoms with Gasteiger partial charge in [0.15, 0.2) is 0 Å². The molecule has 1 atom stereocenters. The van der Waals surface area contributed by atoms with Gasteiger partial charge in [-0.2, -0.15) is 13.2 Å². The number of nitrogen functional groups attached to an aromatic ring is 1. The van der Waals surface area contributed by atoms with Crippen LogP contribution >= 0.6 is 0 Å². The Labute approximate surface area is 121 Å². The Balaban J connectivity index is 2.77. The predicted molar refractivity (Wildman–Crippen MR) is 74.7 cm³/mol. The van der Waals surface area contributed by atoms with Crippen LogP contribution in [0, 0.1) is 5.92 Å². The van der Waals surface area contributed by atoms with Crippen molar-refractivity contribution in [3.05, 3.63) is 23.8 Å². The fraction of sp³-hybridized carbons (Fsp3) is 0.500. The van der Waals surface area contributed by atoms with Crippen LogP contribution < -0.4 is 11.1 Å². The van der Waals surface area contributed by atoms with Crippen LogP contribution in [0.15, 0.2) is 18.2 Å². The van der Waals surface area contributed by atoms with Gasteiger partial charge in [-0.1, -0.05) is 13.8 Å². The van der Waals surface area contributed by atoms with Gasteiger partial charge >= 0.3 is 6.18 Å². The van der Waals surface area contributed by atoms with E-state index in [1.807, 2.05) is 13.8 Å². The Morgan fingerprint density at radius 2 is 1.95 bits per heavy atom. The highest BCUT2D eigenvalue weighted by Crippen LogP contribution is 2.35. The third-order valence-corrected chi connectivity index (χ3v) is 2.68. The molecule has 0 saturated carbocycles. The zero-order chi connectivity index (χ0) is 16.2. The molecule has 0 spiro atoms. The molecule has 3 N–H and O–H groups in total. The summed E-state index contributed by atoms with van der Waals surface area (Å²) in [6, 6.07) is 3.23. The highest BCUT2D eigenvalue weighted by atomic mass is 19.4. The van der Waals surface area contributed by atoms with E-state index in [2.05, 4.69) is 5.32 Å². The zero-order valence-electron chi connectivity index (χ0n) is 12.1. The van der Waals surface area contributed by atoms with Gasteiger partial charge in [0, 0.05) is 18.0 Å². The van der Waals surface area contributed by atoms with E-state index in [0.717, 1.165) is 12.1 Å². The van der Waals surface area contributed by atoms with Gasteiger partial charge < -0.3 is 15.8 Å². The molecule has 0 aromatic heterocycles. The third kappa shape index (κ3) is 5.26. The number of alkyl halides is 3. The van der Waals surface area contributed by atoms with Gasteiger partial charge in [0.25, 0.3) is 5.91 Å². The van der Waals surface area contributed by atoms with Gasteiger partial charge in [-0.25, -0.2) is 0 Å². The van der Waals surface area contributed by atoms with Gasteiger partial charge in [0.05, 0.1) is 5.56 Å². The molecule has 1 aromatic carbocycles. The lowest BCUT2D eigenvalue weighted by atomic mass is 10.1. The lowest BCUT2D eigenvalue weighted by molar-refractivity contribution is -0.137. The van der Waals surface area contributed by atoms with Crippen molar-refractivity contribution in [2.45, 2.75) is 33.1 Å². The normalized spacial score (nSPS) is 13.3. The summed E-state index contributed by atoms with van der Waals surface area (Å²) in [6.07, 6.45) is -5.32. The molecule has 0 aliphatic heterocycles. The average molecular weight is 304 g/mol. The first-order chi connectivity index (χ1) is 9.61. The molecule has 1 aromatic rings. The molecule has 0 fully saturated rings. The maximum atomic E-state index is 12.7. The summed E-state index contributed by atoms with van der Waals surface area (Å²) in [7, 11) is 0. The molecule has 1 unspecified atom stereocenters. The Bertz CT molecular complexity index is 501. The van der Waals surface area contributed by atoms with E-state index in [1.54, 1.807) is 6.92 Å². The van der Waals surface area contributed by atoms with E-state index in [0.29, 0.717) is 6.61 Å². The van der Waals surface area contributed by atoms with Gasteiger partial charge in [-0.15, -0.1) is 0 Å². The van der Waals surface area contributed by atoms with Crippen LogP contribution in [0.1, 0.15) is 26.3 Å². The fourth-order valence-electron chi connectivity index (χ4n) is 1.54. The molecule has 0 radical (unpaired) electrons. The van der Waals surface area contributed by atoms with Crippen molar-refractivity contribution in [1.82, 2.24) is 0 Å². The Morgan fingerprint density at radius 1 is 1.33 bits per heavy atom. The number of anilines is 2. The Kier molecular flexibility index (Phi) is 5.60. The van der Waals surface area contributed by atoms with E-state index in [1.165, 1.54) is 6.07 Å². The zero-order valence-corrected chi connectivity index (χ0v) is 12.1. The van der Waals surface area contributed by atoms with E-state index < -0.39 is 23.8 Å². The minimum atomic E-state index is -4.56. The lowest BCUT2D eigenvalue weighted by Gasteiger charge is -2.16. The van der Waals surface area contributed by atoms with E-state index in [4.69, 9.17) is 10.5 Å². The van der Waals surface area contributed by atoms with Crippen molar-refractivity contribution in [2.75, 3.05) is 17.7 Å². The minimum Gasteiger partial charge on any atom is -0.398 e. The smallest absolute Gasteiger partial charge is 0.398 e. The van der Waals surface area contributed by atoms with Crippen molar-refractivity contribution in [1.29, 1.82) is 0 Å². The summed E-state index contributed by atoms with van der Waals surface area (Å²) >= 11 is 0. The number of halogens is 3. The molecule has 7 heteroatoms. The molecule has 1 rings (SSSR count). The van der Waals surface area contributed by atoms with Crippen molar-refractivity contribution in [2.24, 2.45) is 5.92 Å². The Hall–Kier alpha value is -1.76. The number of hydrogen-bond acceptors (Lipinski definition) is 3. The van der Waals surface area contributed by atoms with Crippen LogP contribution in [0.5, 0.6) is 0 Å².